The molecule has 182 valence electrons. The van der Waals surface area contributed by atoms with Crippen LogP contribution in [-0.2, 0) is 13.1 Å². The number of methoxy groups -OCH3 is 1. The van der Waals surface area contributed by atoms with Gasteiger partial charge in [-0.25, -0.2) is 4.98 Å². The van der Waals surface area contributed by atoms with Crippen LogP contribution in [0.3, 0.4) is 0 Å². The van der Waals surface area contributed by atoms with Crippen molar-refractivity contribution in [1.29, 1.82) is 0 Å². The Morgan fingerprint density at radius 2 is 1.92 bits per heavy atom. The number of rotatable bonds is 8. The fourth-order valence-electron chi connectivity index (χ4n) is 4.11. The molecule has 0 bridgehead atoms. The van der Waals surface area contributed by atoms with E-state index in [2.05, 4.69) is 21.7 Å². The molecule has 36 heavy (non-hydrogen) atoms. The summed E-state index contributed by atoms with van der Waals surface area (Å²) in [5.74, 6) is 1.05. The van der Waals surface area contributed by atoms with E-state index in [-0.39, 0.29) is 11.8 Å². The fourth-order valence-corrected chi connectivity index (χ4v) is 5.05. The van der Waals surface area contributed by atoms with Crippen molar-refractivity contribution in [2.45, 2.75) is 13.1 Å². The van der Waals surface area contributed by atoms with Crippen LogP contribution in [0.1, 0.15) is 20.8 Å². The monoisotopic (exact) mass is 518 g/mol. The van der Waals surface area contributed by atoms with Gasteiger partial charge in [-0.15, -0.1) is 11.3 Å². The number of nitrogens with one attached hydrogen (secondary N) is 2. The van der Waals surface area contributed by atoms with E-state index in [9.17, 15) is 9.90 Å². The summed E-state index contributed by atoms with van der Waals surface area (Å²) < 4.78 is 7.97. The maximum Gasteiger partial charge on any atom is 0.265 e. The summed E-state index contributed by atoms with van der Waals surface area (Å²) >= 11 is 7.19. The van der Waals surface area contributed by atoms with Gasteiger partial charge in [0, 0.05) is 18.1 Å². The summed E-state index contributed by atoms with van der Waals surface area (Å²) in [7, 11) is 1.55. The minimum absolute atomic E-state index is 0.0640. The summed E-state index contributed by atoms with van der Waals surface area (Å²) in [4.78, 5) is 17.6. The van der Waals surface area contributed by atoms with Gasteiger partial charge in [-0.2, -0.15) is 0 Å². The normalized spacial score (nSPS) is 10.9. The molecule has 1 amide bonds. The van der Waals surface area contributed by atoms with E-state index in [4.69, 9.17) is 16.3 Å². The third kappa shape index (κ3) is 4.86. The van der Waals surface area contributed by atoms with E-state index < -0.39 is 0 Å². The molecule has 3 aromatic heterocycles. The molecule has 0 radical (unpaired) electrons. The highest BCUT2D eigenvalue weighted by atomic mass is 35.5. The summed E-state index contributed by atoms with van der Waals surface area (Å²) in [5, 5.41) is 18.5. The number of ether oxygens (including phenoxy) is 1. The smallest absolute Gasteiger partial charge is 0.265 e. The standard InChI is InChI=1S/C27H23ClN4O3S/c1-35-27-24-19(8-5-9-20(24)31-25(33)21-11-12-22(28)36-21)26(34)32(27)16-18-7-4-6-17(14-18)15-30-23-10-2-3-13-29-23/h2-14,34H,15-16H2,1H3,(H,29,30)(H,31,33). The average molecular weight is 519 g/mol. The van der Waals surface area contributed by atoms with Gasteiger partial charge in [0.05, 0.1) is 33.9 Å². The predicted octanol–water partition coefficient (Wildman–Crippen LogP) is 6.38. The maximum absolute atomic E-state index is 12.8. The van der Waals surface area contributed by atoms with Gasteiger partial charge in [-0.05, 0) is 47.5 Å². The molecular weight excluding hydrogens is 496 g/mol. The van der Waals surface area contributed by atoms with Gasteiger partial charge in [0.15, 0.2) is 0 Å². The molecule has 3 N–H and O–H groups in total. The van der Waals surface area contributed by atoms with Crippen molar-refractivity contribution in [3.8, 4) is 11.8 Å². The van der Waals surface area contributed by atoms with E-state index in [1.807, 2.05) is 36.4 Å². The highest BCUT2D eigenvalue weighted by Gasteiger charge is 2.22. The third-order valence-electron chi connectivity index (χ3n) is 5.73. The lowest BCUT2D eigenvalue weighted by molar-refractivity contribution is 0.103. The molecule has 5 rings (SSSR count). The number of carbonyl (C=O) groups is 1. The number of carbonyl (C=O) groups excluding carboxylic acids is 1. The van der Waals surface area contributed by atoms with Crippen LogP contribution in [-0.4, -0.2) is 27.7 Å². The zero-order valence-corrected chi connectivity index (χ0v) is 20.9. The second-order valence-electron chi connectivity index (χ2n) is 8.09. The number of halogens is 1. The zero-order valence-electron chi connectivity index (χ0n) is 19.4. The molecule has 0 fully saturated rings. The number of anilines is 2. The molecule has 0 saturated heterocycles. The van der Waals surface area contributed by atoms with E-state index in [1.54, 1.807) is 48.2 Å². The van der Waals surface area contributed by atoms with Gasteiger partial charge in [-0.1, -0.05) is 48.0 Å². The van der Waals surface area contributed by atoms with E-state index in [0.717, 1.165) is 16.9 Å². The molecule has 0 aliphatic rings. The predicted molar refractivity (Wildman–Crippen MR) is 145 cm³/mol. The second-order valence-corrected chi connectivity index (χ2v) is 9.81. The third-order valence-corrected chi connectivity index (χ3v) is 6.96. The minimum atomic E-state index is -0.276. The number of pyridine rings is 1. The summed E-state index contributed by atoms with van der Waals surface area (Å²) in [6.07, 6.45) is 1.75. The summed E-state index contributed by atoms with van der Waals surface area (Å²) in [6, 6.07) is 22.5. The van der Waals surface area contributed by atoms with Gasteiger partial charge in [0.2, 0.25) is 11.8 Å². The Morgan fingerprint density at radius 3 is 2.67 bits per heavy atom. The van der Waals surface area contributed by atoms with Gasteiger partial charge < -0.3 is 20.5 Å². The van der Waals surface area contributed by atoms with Gasteiger partial charge in [-0.3, -0.25) is 9.36 Å². The maximum atomic E-state index is 12.8. The summed E-state index contributed by atoms with van der Waals surface area (Å²) in [5.41, 5.74) is 2.61. The molecule has 0 aliphatic heterocycles. The number of nitrogens with zero attached hydrogens (tertiary/aromatic N) is 2. The van der Waals surface area contributed by atoms with Crippen molar-refractivity contribution in [3.05, 3.63) is 99.3 Å². The van der Waals surface area contributed by atoms with Crippen molar-refractivity contribution in [1.82, 2.24) is 9.55 Å². The van der Waals surface area contributed by atoms with Crippen LogP contribution in [0.5, 0.6) is 11.8 Å². The fraction of sp³-hybridized carbons (Fsp3) is 0.111. The first kappa shape index (κ1) is 23.7. The Hall–Kier alpha value is -4.01. The number of benzene rings is 2. The molecule has 3 heterocycles. The molecule has 7 nitrogen and oxygen atoms in total. The minimum Gasteiger partial charge on any atom is -0.494 e. The van der Waals surface area contributed by atoms with Crippen molar-refractivity contribution >= 4 is 51.1 Å². The van der Waals surface area contributed by atoms with Crippen LogP contribution in [0.2, 0.25) is 4.34 Å². The number of fused-ring (bicyclic) bond motifs is 1. The SMILES string of the molecule is COc1c2c(NC(=O)c3ccc(Cl)s3)cccc2c(O)n1Cc1cccc(CNc2ccccn2)c1. The van der Waals surface area contributed by atoms with Crippen LogP contribution >= 0.6 is 22.9 Å². The number of thiophene rings is 1. The van der Waals surface area contributed by atoms with Gasteiger partial charge in [0.1, 0.15) is 5.82 Å². The van der Waals surface area contributed by atoms with Crippen LogP contribution in [0, 0.1) is 0 Å². The topological polar surface area (TPSA) is 88.4 Å². The first-order valence-corrected chi connectivity index (χ1v) is 12.4. The van der Waals surface area contributed by atoms with Crippen LogP contribution in [0.25, 0.3) is 10.8 Å². The van der Waals surface area contributed by atoms with Crippen LogP contribution in [0.15, 0.2) is 79.0 Å². The number of aromatic nitrogens is 2. The molecule has 0 aliphatic carbocycles. The largest absolute Gasteiger partial charge is 0.494 e. The second kappa shape index (κ2) is 10.3. The van der Waals surface area contributed by atoms with E-state index in [0.29, 0.717) is 44.6 Å². The van der Waals surface area contributed by atoms with Crippen molar-refractivity contribution in [3.63, 3.8) is 0 Å². The Labute approximate surface area is 216 Å². The van der Waals surface area contributed by atoms with E-state index in [1.165, 1.54) is 11.3 Å². The number of amides is 1. The molecule has 2 aromatic carbocycles. The Morgan fingerprint density at radius 1 is 1.08 bits per heavy atom. The zero-order chi connectivity index (χ0) is 25.1. The van der Waals surface area contributed by atoms with Gasteiger partial charge >= 0.3 is 0 Å². The highest BCUT2D eigenvalue weighted by Crippen LogP contribution is 2.42. The first-order valence-electron chi connectivity index (χ1n) is 11.2. The van der Waals surface area contributed by atoms with Crippen molar-refractivity contribution < 1.29 is 14.6 Å². The van der Waals surface area contributed by atoms with Gasteiger partial charge in [0.25, 0.3) is 5.91 Å². The molecule has 0 spiro atoms. The Bertz CT molecular complexity index is 1530. The average Bonchev–Trinajstić information content (AvgIpc) is 3.45. The lowest BCUT2D eigenvalue weighted by atomic mass is 10.1. The molecule has 9 heteroatoms. The van der Waals surface area contributed by atoms with Crippen LogP contribution < -0.4 is 15.4 Å². The Kier molecular flexibility index (Phi) is 6.79. The molecular formula is C27H23ClN4O3S. The molecule has 0 atom stereocenters. The highest BCUT2D eigenvalue weighted by molar-refractivity contribution is 7.18. The summed E-state index contributed by atoms with van der Waals surface area (Å²) in [6.45, 7) is 1.000. The molecule has 5 aromatic rings. The lowest BCUT2D eigenvalue weighted by Crippen LogP contribution is -2.10. The number of aromatic hydroxyl groups is 1. The van der Waals surface area contributed by atoms with Crippen molar-refractivity contribution in [2.75, 3.05) is 17.7 Å². The first-order chi connectivity index (χ1) is 17.5. The number of hydrogen-bond donors (Lipinski definition) is 3. The quantitative estimate of drug-likeness (QED) is 0.222. The molecule has 0 saturated carbocycles. The molecule has 0 unspecified atom stereocenters. The van der Waals surface area contributed by atoms with E-state index >= 15 is 0 Å². The lowest BCUT2D eigenvalue weighted by Gasteiger charge is -2.12. The van der Waals surface area contributed by atoms with Crippen molar-refractivity contribution in [2.24, 2.45) is 0 Å². The Balaban J connectivity index is 1.43. The number of hydrogen-bond acceptors (Lipinski definition) is 6. The van der Waals surface area contributed by atoms with Crippen LogP contribution in [0.4, 0.5) is 11.5 Å².